The van der Waals surface area contributed by atoms with E-state index in [0.717, 1.165) is 11.1 Å². The van der Waals surface area contributed by atoms with Gasteiger partial charge in [0.25, 0.3) is 0 Å². The van der Waals surface area contributed by atoms with Crippen molar-refractivity contribution in [3.8, 4) is 5.75 Å². The van der Waals surface area contributed by atoms with Crippen LogP contribution in [0.3, 0.4) is 0 Å². The van der Waals surface area contributed by atoms with Crippen LogP contribution in [-0.4, -0.2) is 7.11 Å². The Morgan fingerprint density at radius 1 is 1.05 bits per heavy atom. The summed E-state index contributed by atoms with van der Waals surface area (Å²) in [4.78, 5) is 0. The van der Waals surface area contributed by atoms with Gasteiger partial charge in [-0.25, -0.2) is 0 Å². The van der Waals surface area contributed by atoms with Crippen molar-refractivity contribution in [1.82, 2.24) is 0 Å². The van der Waals surface area contributed by atoms with Gasteiger partial charge in [-0.15, -0.1) is 0 Å². The fourth-order valence-corrected chi connectivity index (χ4v) is 2.62. The highest BCUT2D eigenvalue weighted by Crippen LogP contribution is 2.37. The molecule has 2 aromatic rings. The number of hydrogen-bond acceptors (Lipinski definition) is 2. The lowest BCUT2D eigenvalue weighted by molar-refractivity contribution is 0.399. The third-order valence-corrected chi connectivity index (χ3v) is 3.72. The highest BCUT2D eigenvalue weighted by Gasteiger charge is 2.29. The molecule has 0 spiro atoms. The van der Waals surface area contributed by atoms with Crippen LogP contribution in [0.5, 0.6) is 5.75 Å². The molecule has 100 valence electrons. The maximum Gasteiger partial charge on any atom is 0.124 e. The van der Waals surface area contributed by atoms with Crippen LogP contribution >= 0.6 is 23.2 Å². The minimum atomic E-state index is -0.783. The summed E-state index contributed by atoms with van der Waals surface area (Å²) in [6.45, 7) is 1.89. The van der Waals surface area contributed by atoms with Crippen molar-refractivity contribution in [3.05, 3.63) is 63.6 Å². The average Bonchev–Trinajstić information content (AvgIpc) is 2.39. The van der Waals surface area contributed by atoms with Gasteiger partial charge in [0.15, 0.2) is 0 Å². The maximum atomic E-state index is 6.48. The highest BCUT2D eigenvalue weighted by atomic mass is 35.5. The van der Waals surface area contributed by atoms with Gasteiger partial charge in [-0.2, -0.15) is 0 Å². The lowest BCUT2D eigenvalue weighted by Crippen LogP contribution is -2.35. The molecule has 0 saturated heterocycles. The van der Waals surface area contributed by atoms with Gasteiger partial charge in [-0.05, 0) is 36.8 Å². The molecule has 2 N–H and O–H groups in total. The first kappa shape index (κ1) is 14.2. The molecule has 0 heterocycles. The molecule has 1 unspecified atom stereocenters. The largest absolute Gasteiger partial charge is 0.496 e. The van der Waals surface area contributed by atoms with E-state index < -0.39 is 5.54 Å². The van der Waals surface area contributed by atoms with Crippen LogP contribution in [0.1, 0.15) is 18.1 Å². The van der Waals surface area contributed by atoms with E-state index in [9.17, 15) is 0 Å². The van der Waals surface area contributed by atoms with E-state index in [-0.39, 0.29) is 0 Å². The number of methoxy groups -OCH3 is 1. The van der Waals surface area contributed by atoms with Gasteiger partial charge in [0.2, 0.25) is 0 Å². The molecule has 0 fully saturated rings. The average molecular weight is 296 g/mol. The molecule has 2 rings (SSSR count). The SMILES string of the molecule is COc1ccc(Cl)cc1C(C)(N)c1ccccc1Cl. The predicted octanol–water partition coefficient (Wildman–Crippen LogP) is 4.22. The number of halogens is 2. The first-order valence-corrected chi connectivity index (χ1v) is 6.60. The van der Waals surface area contributed by atoms with Crippen LogP contribution in [0, 0.1) is 0 Å². The molecule has 0 aromatic heterocycles. The Balaban J connectivity index is 2.62. The van der Waals surface area contributed by atoms with Gasteiger partial charge in [-0.3, -0.25) is 0 Å². The highest BCUT2D eigenvalue weighted by molar-refractivity contribution is 6.31. The molecule has 4 heteroatoms. The maximum absolute atomic E-state index is 6.48. The Hall–Kier alpha value is -1.22. The third kappa shape index (κ3) is 2.71. The van der Waals surface area contributed by atoms with E-state index in [2.05, 4.69) is 0 Å². The van der Waals surface area contributed by atoms with Crippen LogP contribution in [-0.2, 0) is 5.54 Å². The van der Waals surface area contributed by atoms with Crippen molar-refractivity contribution in [1.29, 1.82) is 0 Å². The van der Waals surface area contributed by atoms with Crippen LogP contribution in [0.2, 0.25) is 10.0 Å². The summed E-state index contributed by atoms with van der Waals surface area (Å²) in [6.07, 6.45) is 0. The summed E-state index contributed by atoms with van der Waals surface area (Å²) >= 11 is 12.3. The summed E-state index contributed by atoms with van der Waals surface area (Å²) in [5.74, 6) is 0.689. The van der Waals surface area contributed by atoms with E-state index in [1.807, 2.05) is 37.3 Å². The first-order valence-electron chi connectivity index (χ1n) is 5.84. The predicted molar refractivity (Wildman–Crippen MR) is 80.1 cm³/mol. The molecule has 0 amide bonds. The van der Waals surface area contributed by atoms with Crippen molar-refractivity contribution in [2.24, 2.45) is 5.73 Å². The molecule has 0 saturated carbocycles. The second-order valence-electron chi connectivity index (χ2n) is 4.53. The Labute approximate surface area is 123 Å². The standard InChI is InChI=1S/C15H15Cl2NO/c1-15(18,11-5-3-4-6-13(11)17)12-9-10(16)7-8-14(12)19-2/h3-9H,18H2,1-2H3. The number of hydrogen-bond donors (Lipinski definition) is 1. The number of benzene rings is 2. The van der Waals surface area contributed by atoms with Gasteiger partial charge in [0.1, 0.15) is 5.75 Å². The number of ether oxygens (including phenoxy) is 1. The molecular formula is C15H15Cl2NO. The molecule has 0 bridgehead atoms. The third-order valence-electron chi connectivity index (χ3n) is 3.15. The number of rotatable bonds is 3. The second-order valence-corrected chi connectivity index (χ2v) is 5.37. The molecular weight excluding hydrogens is 281 g/mol. The Morgan fingerprint density at radius 2 is 1.74 bits per heavy atom. The van der Waals surface area contributed by atoms with Crippen LogP contribution < -0.4 is 10.5 Å². The van der Waals surface area contributed by atoms with Gasteiger partial charge in [-0.1, -0.05) is 41.4 Å². The molecule has 2 nitrogen and oxygen atoms in total. The topological polar surface area (TPSA) is 35.2 Å². The van der Waals surface area contributed by atoms with Crippen LogP contribution in [0.15, 0.2) is 42.5 Å². The molecule has 0 aliphatic heterocycles. The van der Waals surface area contributed by atoms with Gasteiger partial charge in [0, 0.05) is 15.6 Å². The number of nitrogens with two attached hydrogens (primary N) is 1. The fourth-order valence-electron chi connectivity index (χ4n) is 2.11. The van der Waals surface area contributed by atoms with E-state index in [0.29, 0.717) is 15.8 Å². The van der Waals surface area contributed by atoms with Crippen molar-refractivity contribution in [3.63, 3.8) is 0 Å². The van der Waals surface area contributed by atoms with Crippen LogP contribution in [0.4, 0.5) is 0 Å². The first-order chi connectivity index (χ1) is 8.96. The lowest BCUT2D eigenvalue weighted by atomic mass is 9.85. The van der Waals surface area contributed by atoms with Crippen molar-refractivity contribution < 1.29 is 4.74 Å². The van der Waals surface area contributed by atoms with Crippen molar-refractivity contribution in [2.45, 2.75) is 12.5 Å². The van der Waals surface area contributed by atoms with Crippen molar-refractivity contribution in [2.75, 3.05) is 7.11 Å². The van der Waals surface area contributed by atoms with Crippen molar-refractivity contribution >= 4 is 23.2 Å². The molecule has 0 aliphatic carbocycles. The Morgan fingerprint density at radius 3 is 2.37 bits per heavy atom. The molecule has 0 radical (unpaired) electrons. The summed E-state index contributed by atoms with van der Waals surface area (Å²) in [5, 5.41) is 1.23. The fraction of sp³-hybridized carbons (Fsp3) is 0.200. The zero-order valence-corrected chi connectivity index (χ0v) is 12.3. The molecule has 1 atom stereocenters. The van der Waals surface area contributed by atoms with E-state index in [4.69, 9.17) is 33.7 Å². The summed E-state index contributed by atoms with van der Waals surface area (Å²) < 4.78 is 5.37. The molecule has 0 aliphatic rings. The van der Waals surface area contributed by atoms with Gasteiger partial charge in [0.05, 0.1) is 12.6 Å². The minimum Gasteiger partial charge on any atom is -0.496 e. The molecule has 19 heavy (non-hydrogen) atoms. The Bertz CT molecular complexity index is 596. The Kier molecular flexibility index (Phi) is 4.04. The zero-order chi connectivity index (χ0) is 14.0. The van der Waals surface area contributed by atoms with Gasteiger partial charge < -0.3 is 10.5 Å². The van der Waals surface area contributed by atoms with E-state index in [1.165, 1.54) is 0 Å². The second kappa shape index (κ2) is 5.41. The molecule has 2 aromatic carbocycles. The summed E-state index contributed by atoms with van der Waals surface area (Å²) in [7, 11) is 1.61. The smallest absolute Gasteiger partial charge is 0.124 e. The summed E-state index contributed by atoms with van der Waals surface area (Å²) in [6, 6.07) is 12.9. The summed E-state index contributed by atoms with van der Waals surface area (Å²) in [5.41, 5.74) is 7.33. The zero-order valence-electron chi connectivity index (χ0n) is 10.8. The van der Waals surface area contributed by atoms with Gasteiger partial charge >= 0.3 is 0 Å². The van der Waals surface area contributed by atoms with E-state index in [1.54, 1.807) is 19.2 Å². The minimum absolute atomic E-state index is 0.611. The van der Waals surface area contributed by atoms with E-state index >= 15 is 0 Å². The quantitative estimate of drug-likeness (QED) is 0.920. The normalized spacial score (nSPS) is 13.9. The van der Waals surface area contributed by atoms with Crippen LogP contribution in [0.25, 0.3) is 0 Å². The lowest BCUT2D eigenvalue weighted by Gasteiger charge is -2.28. The monoisotopic (exact) mass is 295 g/mol.